The van der Waals surface area contributed by atoms with Gasteiger partial charge < -0.3 is 0 Å². The van der Waals surface area contributed by atoms with E-state index in [9.17, 15) is 8.42 Å². The van der Waals surface area contributed by atoms with Crippen LogP contribution >= 0.6 is 11.3 Å². The molecule has 1 aromatic heterocycles. The molecule has 0 spiro atoms. The summed E-state index contributed by atoms with van der Waals surface area (Å²) in [5, 5.41) is 1.92. The molecule has 1 aliphatic heterocycles. The summed E-state index contributed by atoms with van der Waals surface area (Å²) >= 11 is 1.74. The average molecular weight is 357 g/mol. The highest BCUT2D eigenvalue weighted by molar-refractivity contribution is 7.90. The topological polar surface area (TPSA) is 49.4 Å². The minimum Gasteiger partial charge on any atom is -0.294 e. The smallest absolute Gasteiger partial charge is 0.214 e. The van der Waals surface area contributed by atoms with E-state index in [2.05, 4.69) is 27.1 Å². The van der Waals surface area contributed by atoms with E-state index >= 15 is 0 Å². The summed E-state index contributed by atoms with van der Waals surface area (Å²) in [5.74, 6) is 0. The predicted molar refractivity (Wildman–Crippen MR) is 96.3 cm³/mol. The van der Waals surface area contributed by atoms with E-state index in [1.807, 2.05) is 0 Å². The number of nitrogens with one attached hydrogen (secondary N) is 1. The fourth-order valence-electron chi connectivity index (χ4n) is 3.81. The van der Waals surface area contributed by atoms with Crippen molar-refractivity contribution in [2.24, 2.45) is 0 Å². The first kappa shape index (κ1) is 17.4. The van der Waals surface area contributed by atoms with Crippen LogP contribution in [0.3, 0.4) is 0 Å². The molecule has 1 N–H and O–H groups in total. The SMILES string of the molecule is O=S(=O)(NCC(c1cccs1)N1CCCCCC1)C1CCCC1. The van der Waals surface area contributed by atoms with Crippen LogP contribution in [0, 0.1) is 0 Å². The second-order valence-electron chi connectivity index (χ2n) is 6.78. The Hall–Kier alpha value is -0.430. The molecule has 0 bridgehead atoms. The standard InChI is InChI=1S/C17H28N2O2S2/c20-23(21,15-8-3-4-9-15)18-14-16(17-10-7-13-22-17)19-11-5-1-2-6-12-19/h7,10,13,15-16,18H,1-6,8-9,11-12,14H2. The summed E-state index contributed by atoms with van der Waals surface area (Å²) < 4.78 is 28.0. The Morgan fingerprint density at radius 2 is 1.83 bits per heavy atom. The van der Waals surface area contributed by atoms with Crippen LogP contribution in [-0.4, -0.2) is 38.2 Å². The highest BCUT2D eigenvalue weighted by Gasteiger charge is 2.30. The van der Waals surface area contributed by atoms with Crippen LogP contribution in [0.15, 0.2) is 17.5 Å². The van der Waals surface area contributed by atoms with Crippen molar-refractivity contribution in [1.82, 2.24) is 9.62 Å². The molecule has 0 aromatic carbocycles. The summed E-state index contributed by atoms with van der Waals surface area (Å²) in [4.78, 5) is 3.76. The zero-order chi connectivity index (χ0) is 16.1. The van der Waals surface area contributed by atoms with Gasteiger partial charge in [0.05, 0.1) is 11.3 Å². The lowest BCUT2D eigenvalue weighted by Gasteiger charge is -2.30. The fraction of sp³-hybridized carbons (Fsp3) is 0.765. The third kappa shape index (κ3) is 4.56. The summed E-state index contributed by atoms with van der Waals surface area (Å²) in [7, 11) is -3.17. The summed E-state index contributed by atoms with van der Waals surface area (Å²) in [6.07, 6.45) is 8.76. The summed E-state index contributed by atoms with van der Waals surface area (Å²) in [6, 6.07) is 4.39. The van der Waals surface area contributed by atoms with Gasteiger partial charge in [-0.25, -0.2) is 13.1 Å². The molecular formula is C17H28N2O2S2. The van der Waals surface area contributed by atoms with Crippen molar-refractivity contribution in [1.29, 1.82) is 0 Å². The summed E-state index contributed by atoms with van der Waals surface area (Å²) in [6.45, 7) is 2.67. The van der Waals surface area contributed by atoms with Crippen molar-refractivity contribution < 1.29 is 8.42 Å². The molecule has 2 heterocycles. The van der Waals surface area contributed by atoms with Gasteiger partial charge in [0.2, 0.25) is 10.0 Å². The molecular weight excluding hydrogens is 328 g/mol. The van der Waals surface area contributed by atoms with E-state index in [1.54, 1.807) is 11.3 Å². The van der Waals surface area contributed by atoms with E-state index < -0.39 is 10.0 Å². The Morgan fingerprint density at radius 1 is 1.13 bits per heavy atom. The Morgan fingerprint density at radius 3 is 2.43 bits per heavy atom. The van der Waals surface area contributed by atoms with Gasteiger partial charge in [0.15, 0.2) is 0 Å². The number of rotatable bonds is 6. The Kier molecular flexibility index (Phi) is 6.13. The van der Waals surface area contributed by atoms with Crippen LogP contribution in [-0.2, 0) is 10.0 Å². The molecule has 4 nitrogen and oxygen atoms in total. The van der Waals surface area contributed by atoms with Gasteiger partial charge in [-0.05, 0) is 50.2 Å². The van der Waals surface area contributed by atoms with Gasteiger partial charge in [0.1, 0.15) is 0 Å². The molecule has 0 amide bonds. The Labute approximate surface area is 144 Å². The second-order valence-corrected chi connectivity index (χ2v) is 9.81. The van der Waals surface area contributed by atoms with Gasteiger partial charge in [0, 0.05) is 11.4 Å². The van der Waals surface area contributed by atoms with E-state index in [4.69, 9.17) is 0 Å². The molecule has 3 rings (SSSR count). The minimum absolute atomic E-state index is 0.171. The predicted octanol–water partition coefficient (Wildman–Crippen LogP) is 3.53. The van der Waals surface area contributed by atoms with Crippen molar-refractivity contribution in [3.63, 3.8) is 0 Å². The van der Waals surface area contributed by atoms with E-state index in [0.29, 0.717) is 6.54 Å². The van der Waals surface area contributed by atoms with Gasteiger partial charge in [-0.1, -0.05) is 31.7 Å². The molecule has 2 fully saturated rings. The van der Waals surface area contributed by atoms with Gasteiger partial charge in [-0.3, -0.25) is 4.90 Å². The minimum atomic E-state index is -3.17. The molecule has 130 valence electrons. The largest absolute Gasteiger partial charge is 0.294 e. The van der Waals surface area contributed by atoms with Gasteiger partial charge in [-0.15, -0.1) is 11.3 Å². The van der Waals surface area contributed by atoms with Crippen LogP contribution in [0.25, 0.3) is 0 Å². The van der Waals surface area contributed by atoms with E-state index in [-0.39, 0.29) is 11.3 Å². The quantitative estimate of drug-likeness (QED) is 0.848. The number of nitrogens with zero attached hydrogens (tertiary/aromatic N) is 1. The van der Waals surface area contributed by atoms with Crippen molar-refractivity contribution in [3.05, 3.63) is 22.4 Å². The Bertz CT molecular complexity index is 557. The number of hydrogen-bond acceptors (Lipinski definition) is 4. The third-order valence-corrected chi connectivity index (χ3v) is 8.06. The maximum absolute atomic E-state index is 12.5. The third-order valence-electron chi connectivity index (χ3n) is 5.17. The molecule has 23 heavy (non-hydrogen) atoms. The lowest BCUT2D eigenvalue weighted by Crippen LogP contribution is -2.41. The van der Waals surface area contributed by atoms with E-state index in [1.165, 1.54) is 30.6 Å². The highest BCUT2D eigenvalue weighted by atomic mass is 32.2. The first-order chi connectivity index (χ1) is 11.2. The number of likely N-dealkylation sites (tertiary alicyclic amines) is 1. The normalized spacial score (nSPS) is 23.0. The molecule has 1 saturated carbocycles. The molecule has 1 aromatic rings. The zero-order valence-electron chi connectivity index (χ0n) is 13.7. The van der Waals surface area contributed by atoms with Crippen molar-refractivity contribution in [2.75, 3.05) is 19.6 Å². The molecule has 1 unspecified atom stereocenters. The Balaban J connectivity index is 1.68. The molecule has 0 radical (unpaired) electrons. The van der Waals surface area contributed by atoms with E-state index in [0.717, 1.165) is 38.8 Å². The van der Waals surface area contributed by atoms with Crippen LogP contribution in [0.2, 0.25) is 0 Å². The fourth-order valence-corrected chi connectivity index (χ4v) is 6.25. The van der Waals surface area contributed by atoms with Crippen molar-refractivity contribution in [3.8, 4) is 0 Å². The molecule has 1 aliphatic carbocycles. The highest BCUT2D eigenvalue weighted by Crippen LogP contribution is 2.28. The van der Waals surface area contributed by atoms with Crippen LogP contribution in [0.5, 0.6) is 0 Å². The van der Waals surface area contributed by atoms with Gasteiger partial charge in [-0.2, -0.15) is 0 Å². The summed E-state index contributed by atoms with van der Waals surface area (Å²) in [5.41, 5.74) is 0. The maximum atomic E-state index is 12.5. The van der Waals surface area contributed by atoms with Crippen LogP contribution in [0.4, 0.5) is 0 Å². The first-order valence-corrected chi connectivity index (χ1v) is 11.4. The van der Waals surface area contributed by atoms with Gasteiger partial charge >= 0.3 is 0 Å². The number of sulfonamides is 1. The lowest BCUT2D eigenvalue weighted by atomic mass is 10.2. The zero-order valence-corrected chi connectivity index (χ0v) is 15.4. The molecule has 2 aliphatic rings. The van der Waals surface area contributed by atoms with Crippen LogP contribution < -0.4 is 4.72 Å². The van der Waals surface area contributed by atoms with Gasteiger partial charge in [0.25, 0.3) is 0 Å². The van der Waals surface area contributed by atoms with Crippen molar-refractivity contribution >= 4 is 21.4 Å². The first-order valence-electron chi connectivity index (χ1n) is 8.93. The number of thiophene rings is 1. The van der Waals surface area contributed by atoms with Crippen molar-refractivity contribution in [2.45, 2.75) is 62.7 Å². The molecule has 6 heteroatoms. The number of hydrogen-bond donors (Lipinski definition) is 1. The lowest BCUT2D eigenvalue weighted by molar-refractivity contribution is 0.209. The maximum Gasteiger partial charge on any atom is 0.214 e. The molecule has 1 saturated heterocycles. The van der Waals surface area contributed by atoms with Crippen LogP contribution in [0.1, 0.15) is 62.3 Å². The monoisotopic (exact) mass is 356 g/mol. The average Bonchev–Trinajstić information content (AvgIpc) is 3.19. The molecule has 1 atom stereocenters. The second kappa shape index (κ2) is 8.10.